The Morgan fingerprint density at radius 2 is 1.91 bits per heavy atom. The molecule has 23 heavy (non-hydrogen) atoms. The molecule has 2 aromatic rings. The van der Waals surface area contributed by atoms with Crippen molar-refractivity contribution >= 4 is 17.2 Å². The zero-order chi connectivity index (χ0) is 15.6. The average Bonchev–Trinajstić information content (AvgIpc) is 3.11. The standard InChI is InChI=1S/C18H21N3OS/c22-18(21-7-3-5-13-4-1-2-6-16(13)21)14-8-17(23-11-14)15-9-19-12-20-10-15/h8-13,16H,1-7H2. The van der Waals surface area contributed by atoms with Crippen LogP contribution in [0.5, 0.6) is 0 Å². The number of carbonyl (C=O) groups excluding carboxylic acids is 1. The second kappa shape index (κ2) is 6.40. The van der Waals surface area contributed by atoms with Crippen LogP contribution in [0.2, 0.25) is 0 Å². The Hall–Kier alpha value is -1.75. The van der Waals surface area contributed by atoms with Crippen molar-refractivity contribution in [2.45, 2.75) is 44.6 Å². The summed E-state index contributed by atoms with van der Waals surface area (Å²) in [6.07, 6.45) is 12.6. The molecule has 2 atom stereocenters. The average molecular weight is 327 g/mol. The summed E-state index contributed by atoms with van der Waals surface area (Å²) >= 11 is 1.60. The maximum atomic E-state index is 13.0. The van der Waals surface area contributed by atoms with Gasteiger partial charge in [-0.1, -0.05) is 12.8 Å². The number of likely N-dealkylation sites (tertiary alicyclic amines) is 1. The number of carbonyl (C=O) groups is 1. The molecule has 2 aliphatic rings. The SMILES string of the molecule is O=C(c1csc(-c2cncnc2)c1)N1CCCC2CCCCC21. The Labute approximate surface area is 140 Å². The number of hydrogen-bond donors (Lipinski definition) is 0. The highest BCUT2D eigenvalue weighted by molar-refractivity contribution is 7.13. The van der Waals surface area contributed by atoms with Crippen LogP contribution in [-0.2, 0) is 0 Å². The molecule has 1 saturated carbocycles. The van der Waals surface area contributed by atoms with Crippen LogP contribution in [0, 0.1) is 5.92 Å². The fourth-order valence-corrected chi connectivity index (χ4v) is 4.93. The molecule has 5 heteroatoms. The van der Waals surface area contributed by atoms with Gasteiger partial charge in [0, 0.05) is 40.8 Å². The minimum atomic E-state index is 0.209. The molecule has 1 saturated heterocycles. The van der Waals surface area contributed by atoms with Crippen LogP contribution in [0.3, 0.4) is 0 Å². The Bertz CT molecular complexity index is 683. The van der Waals surface area contributed by atoms with Gasteiger partial charge in [-0.05, 0) is 37.7 Å². The number of thiophene rings is 1. The minimum Gasteiger partial charge on any atom is -0.335 e. The summed E-state index contributed by atoms with van der Waals surface area (Å²) in [4.78, 5) is 24.3. The first kappa shape index (κ1) is 14.8. The van der Waals surface area contributed by atoms with E-state index in [0.29, 0.717) is 6.04 Å². The molecular weight excluding hydrogens is 306 g/mol. The Morgan fingerprint density at radius 3 is 2.78 bits per heavy atom. The summed E-state index contributed by atoms with van der Waals surface area (Å²) in [7, 11) is 0. The van der Waals surface area contributed by atoms with Crippen molar-refractivity contribution in [3.63, 3.8) is 0 Å². The van der Waals surface area contributed by atoms with Crippen LogP contribution in [-0.4, -0.2) is 33.4 Å². The van der Waals surface area contributed by atoms with Gasteiger partial charge in [0.05, 0.1) is 5.56 Å². The van der Waals surface area contributed by atoms with Gasteiger partial charge >= 0.3 is 0 Å². The molecule has 1 aliphatic carbocycles. The van der Waals surface area contributed by atoms with Crippen LogP contribution in [0.1, 0.15) is 48.9 Å². The summed E-state index contributed by atoms with van der Waals surface area (Å²) in [6.45, 7) is 0.916. The van der Waals surface area contributed by atoms with E-state index in [2.05, 4.69) is 14.9 Å². The summed E-state index contributed by atoms with van der Waals surface area (Å²) in [6, 6.07) is 2.46. The number of hydrogen-bond acceptors (Lipinski definition) is 4. The van der Waals surface area contributed by atoms with Gasteiger partial charge in [0.1, 0.15) is 6.33 Å². The molecule has 0 radical (unpaired) electrons. The monoisotopic (exact) mass is 327 g/mol. The van der Waals surface area contributed by atoms with E-state index in [1.54, 1.807) is 23.7 Å². The fourth-order valence-electron chi connectivity index (χ4n) is 4.07. The van der Waals surface area contributed by atoms with Gasteiger partial charge in [-0.25, -0.2) is 9.97 Å². The molecule has 0 bridgehead atoms. The lowest BCUT2D eigenvalue weighted by atomic mass is 9.78. The molecule has 2 aromatic heterocycles. The van der Waals surface area contributed by atoms with E-state index >= 15 is 0 Å². The number of nitrogens with zero attached hydrogens (tertiary/aromatic N) is 3. The lowest BCUT2D eigenvalue weighted by molar-refractivity contribution is 0.0391. The largest absolute Gasteiger partial charge is 0.335 e. The molecule has 1 amide bonds. The van der Waals surface area contributed by atoms with Gasteiger partial charge in [0.15, 0.2) is 0 Å². The lowest BCUT2D eigenvalue weighted by Crippen LogP contribution is -2.49. The quantitative estimate of drug-likeness (QED) is 0.837. The van der Waals surface area contributed by atoms with Crippen molar-refractivity contribution < 1.29 is 4.79 Å². The Morgan fingerprint density at radius 1 is 1.13 bits per heavy atom. The van der Waals surface area contributed by atoms with E-state index < -0.39 is 0 Å². The topological polar surface area (TPSA) is 46.1 Å². The van der Waals surface area contributed by atoms with Crippen LogP contribution in [0.25, 0.3) is 10.4 Å². The smallest absolute Gasteiger partial charge is 0.254 e. The first-order valence-electron chi connectivity index (χ1n) is 8.48. The van der Waals surface area contributed by atoms with Crippen LogP contribution in [0.15, 0.2) is 30.2 Å². The lowest BCUT2D eigenvalue weighted by Gasteiger charge is -2.44. The Balaban J connectivity index is 1.56. The van der Waals surface area contributed by atoms with E-state index in [-0.39, 0.29) is 5.91 Å². The molecule has 4 rings (SSSR count). The molecule has 120 valence electrons. The molecule has 1 aliphatic heterocycles. The van der Waals surface area contributed by atoms with Crippen LogP contribution in [0.4, 0.5) is 0 Å². The van der Waals surface area contributed by atoms with E-state index in [1.165, 1.54) is 38.4 Å². The number of rotatable bonds is 2. The normalized spacial score (nSPS) is 24.3. The van der Waals surface area contributed by atoms with Crippen molar-refractivity contribution in [2.24, 2.45) is 5.92 Å². The number of fused-ring (bicyclic) bond motifs is 1. The van der Waals surface area contributed by atoms with E-state index in [4.69, 9.17) is 0 Å². The van der Waals surface area contributed by atoms with Crippen molar-refractivity contribution in [1.82, 2.24) is 14.9 Å². The Kier molecular flexibility index (Phi) is 4.12. The zero-order valence-electron chi connectivity index (χ0n) is 13.1. The third kappa shape index (κ3) is 2.90. The number of aromatic nitrogens is 2. The van der Waals surface area contributed by atoms with Gasteiger partial charge in [0.2, 0.25) is 0 Å². The first-order valence-corrected chi connectivity index (χ1v) is 9.36. The maximum Gasteiger partial charge on any atom is 0.254 e. The predicted octanol–water partition coefficient (Wildman–Crippen LogP) is 4.00. The second-order valence-electron chi connectivity index (χ2n) is 6.58. The molecule has 2 fully saturated rings. The van der Waals surface area contributed by atoms with E-state index in [1.807, 2.05) is 11.4 Å². The third-order valence-corrected chi connectivity index (χ3v) is 6.17. The van der Waals surface area contributed by atoms with Crippen LogP contribution < -0.4 is 0 Å². The molecule has 3 heterocycles. The van der Waals surface area contributed by atoms with E-state index in [0.717, 1.165) is 34.9 Å². The van der Waals surface area contributed by atoms with Gasteiger partial charge in [-0.15, -0.1) is 11.3 Å². The highest BCUT2D eigenvalue weighted by Gasteiger charge is 2.36. The van der Waals surface area contributed by atoms with Gasteiger partial charge in [-0.2, -0.15) is 0 Å². The summed E-state index contributed by atoms with van der Waals surface area (Å²) < 4.78 is 0. The van der Waals surface area contributed by atoms with Crippen molar-refractivity contribution in [1.29, 1.82) is 0 Å². The first-order chi connectivity index (χ1) is 11.3. The third-order valence-electron chi connectivity index (χ3n) is 5.20. The summed E-state index contributed by atoms with van der Waals surface area (Å²) in [5.41, 5.74) is 1.80. The predicted molar refractivity (Wildman–Crippen MR) is 91.4 cm³/mol. The minimum absolute atomic E-state index is 0.209. The zero-order valence-corrected chi connectivity index (χ0v) is 14.0. The molecule has 4 nitrogen and oxygen atoms in total. The van der Waals surface area contributed by atoms with E-state index in [9.17, 15) is 4.79 Å². The molecule has 0 aromatic carbocycles. The summed E-state index contributed by atoms with van der Waals surface area (Å²) in [5.74, 6) is 0.933. The fraction of sp³-hybridized carbons (Fsp3) is 0.500. The molecular formula is C18H21N3OS. The van der Waals surface area contributed by atoms with Crippen LogP contribution >= 0.6 is 11.3 Å². The number of amides is 1. The summed E-state index contributed by atoms with van der Waals surface area (Å²) in [5, 5.41) is 1.98. The van der Waals surface area contributed by atoms with Gasteiger partial charge in [-0.3, -0.25) is 4.79 Å². The van der Waals surface area contributed by atoms with Gasteiger partial charge in [0.25, 0.3) is 5.91 Å². The highest BCUT2D eigenvalue weighted by Crippen LogP contribution is 2.36. The maximum absolute atomic E-state index is 13.0. The molecule has 0 N–H and O–H groups in total. The second-order valence-corrected chi connectivity index (χ2v) is 7.49. The van der Waals surface area contributed by atoms with Crippen molar-refractivity contribution in [3.05, 3.63) is 35.7 Å². The van der Waals surface area contributed by atoms with Gasteiger partial charge < -0.3 is 4.90 Å². The highest BCUT2D eigenvalue weighted by atomic mass is 32.1. The molecule has 0 spiro atoms. The number of piperidine rings is 1. The molecule has 2 unspecified atom stereocenters. The van der Waals surface area contributed by atoms with Crippen molar-refractivity contribution in [3.8, 4) is 10.4 Å². The van der Waals surface area contributed by atoms with Crippen molar-refractivity contribution in [2.75, 3.05) is 6.54 Å².